The van der Waals surface area contributed by atoms with Gasteiger partial charge in [0.15, 0.2) is 0 Å². The molecule has 1 N–H and O–H groups in total. The summed E-state index contributed by atoms with van der Waals surface area (Å²) in [6.45, 7) is 1.99. The average molecular weight is 319 g/mol. The quantitative estimate of drug-likeness (QED) is 0.880. The molecule has 1 aromatic carbocycles. The predicted octanol–water partition coefficient (Wildman–Crippen LogP) is 3.12. The number of amides is 1. The van der Waals surface area contributed by atoms with Crippen LogP contribution in [0.2, 0.25) is 0 Å². The third kappa shape index (κ3) is 3.20. The lowest BCUT2D eigenvalue weighted by Crippen LogP contribution is -2.44. The maximum atomic E-state index is 12.2. The lowest BCUT2D eigenvalue weighted by molar-refractivity contribution is 0.0914. The van der Waals surface area contributed by atoms with Crippen molar-refractivity contribution in [1.29, 1.82) is 0 Å². The first-order valence-corrected chi connectivity index (χ1v) is 7.12. The molecule has 1 unspecified atom stereocenters. The maximum Gasteiger partial charge on any atom is 0.253 e. The van der Waals surface area contributed by atoms with Crippen molar-refractivity contribution < 1.29 is 4.79 Å². The molecule has 0 aliphatic heterocycles. The van der Waals surface area contributed by atoms with Crippen LogP contribution in [-0.2, 0) is 5.54 Å². The molecule has 0 saturated carbocycles. The molecule has 1 aromatic heterocycles. The van der Waals surface area contributed by atoms with Gasteiger partial charge in [0.25, 0.3) is 5.91 Å². The maximum absolute atomic E-state index is 12.2. The Bertz CT molecular complexity index is 545. The van der Waals surface area contributed by atoms with Crippen LogP contribution in [0.25, 0.3) is 0 Å². The second kappa shape index (κ2) is 5.97. The smallest absolute Gasteiger partial charge is 0.253 e. The van der Waals surface area contributed by atoms with Crippen molar-refractivity contribution in [2.75, 3.05) is 5.33 Å². The molecule has 0 spiro atoms. The van der Waals surface area contributed by atoms with Crippen LogP contribution in [-0.4, -0.2) is 16.2 Å². The number of aromatic nitrogens is 1. The second-order valence-corrected chi connectivity index (χ2v) is 5.09. The third-order valence-electron chi connectivity index (χ3n) is 2.99. The van der Waals surface area contributed by atoms with Crippen molar-refractivity contribution in [2.45, 2.75) is 12.5 Å². The van der Waals surface area contributed by atoms with Crippen LogP contribution in [0, 0.1) is 0 Å². The van der Waals surface area contributed by atoms with E-state index in [1.807, 2.05) is 37.3 Å². The van der Waals surface area contributed by atoms with E-state index >= 15 is 0 Å². The average Bonchev–Trinajstić information content (AvgIpc) is 2.49. The van der Waals surface area contributed by atoms with Gasteiger partial charge in [-0.2, -0.15) is 0 Å². The third-order valence-corrected chi connectivity index (χ3v) is 4.11. The van der Waals surface area contributed by atoms with Crippen molar-refractivity contribution >= 4 is 21.8 Å². The van der Waals surface area contributed by atoms with Gasteiger partial charge in [0.2, 0.25) is 0 Å². The summed E-state index contributed by atoms with van der Waals surface area (Å²) < 4.78 is 0. The van der Waals surface area contributed by atoms with Gasteiger partial charge < -0.3 is 5.32 Å². The Kier molecular flexibility index (Phi) is 4.32. The van der Waals surface area contributed by atoms with Gasteiger partial charge in [0, 0.05) is 17.7 Å². The fourth-order valence-electron chi connectivity index (χ4n) is 1.81. The lowest BCUT2D eigenvalue weighted by atomic mass is 9.94. The zero-order valence-electron chi connectivity index (χ0n) is 10.6. The molecule has 98 valence electrons. The van der Waals surface area contributed by atoms with Crippen LogP contribution in [0.4, 0.5) is 0 Å². The Morgan fingerprint density at radius 3 is 2.58 bits per heavy atom. The fourth-order valence-corrected chi connectivity index (χ4v) is 2.27. The Balaban J connectivity index is 2.22. The standard InChI is InChI=1S/C15H15BrN2O/c1-15(11-16,13-7-3-2-4-8-13)18-14(19)12-6-5-9-17-10-12/h2-10H,11H2,1H3,(H,18,19). The minimum Gasteiger partial charge on any atom is -0.342 e. The number of rotatable bonds is 4. The van der Waals surface area contributed by atoms with Crippen LogP contribution in [0.15, 0.2) is 54.9 Å². The number of hydrogen-bond acceptors (Lipinski definition) is 2. The van der Waals surface area contributed by atoms with E-state index < -0.39 is 5.54 Å². The Morgan fingerprint density at radius 2 is 2.00 bits per heavy atom. The molecule has 4 heteroatoms. The zero-order valence-corrected chi connectivity index (χ0v) is 12.2. The molecule has 1 heterocycles. The number of carbonyl (C=O) groups is 1. The lowest BCUT2D eigenvalue weighted by Gasteiger charge is -2.29. The molecule has 2 aromatic rings. The first kappa shape index (κ1) is 13.7. The molecular formula is C15H15BrN2O. The molecular weight excluding hydrogens is 304 g/mol. The van der Waals surface area contributed by atoms with Crippen molar-refractivity contribution in [1.82, 2.24) is 10.3 Å². The monoisotopic (exact) mass is 318 g/mol. The summed E-state index contributed by atoms with van der Waals surface area (Å²) in [6, 6.07) is 13.4. The van der Waals surface area contributed by atoms with E-state index in [9.17, 15) is 4.79 Å². The molecule has 2 rings (SSSR count). The SMILES string of the molecule is CC(CBr)(NC(=O)c1cccnc1)c1ccccc1. The number of alkyl halides is 1. The van der Waals surface area contributed by atoms with E-state index in [0.717, 1.165) is 5.56 Å². The first-order chi connectivity index (χ1) is 9.15. The Morgan fingerprint density at radius 1 is 1.26 bits per heavy atom. The van der Waals surface area contributed by atoms with Crippen molar-refractivity contribution in [3.63, 3.8) is 0 Å². The molecule has 0 radical (unpaired) electrons. The Labute approximate surface area is 121 Å². The number of nitrogens with zero attached hydrogens (tertiary/aromatic N) is 1. The molecule has 1 amide bonds. The number of benzene rings is 1. The summed E-state index contributed by atoms with van der Waals surface area (Å²) in [5, 5.41) is 3.68. The van der Waals surface area contributed by atoms with E-state index in [1.54, 1.807) is 24.5 Å². The molecule has 0 fully saturated rings. The Hall–Kier alpha value is -1.68. The molecule has 19 heavy (non-hydrogen) atoms. The summed E-state index contributed by atoms with van der Waals surface area (Å²) >= 11 is 3.48. The normalized spacial score (nSPS) is 13.6. The van der Waals surface area contributed by atoms with E-state index in [4.69, 9.17) is 0 Å². The second-order valence-electron chi connectivity index (χ2n) is 4.53. The number of pyridine rings is 1. The van der Waals surface area contributed by atoms with Gasteiger partial charge in [-0.1, -0.05) is 46.3 Å². The van der Waals surface area contributed by atoms with Crippen LogP contribution in [0.5, 0.6) is 0 Å². The molecule has 3 nitrogen and oxygen atoms in total. The van der Waals surface area contributed by atoms with Gasteiger partial charge in [0.1, 0.15) is 0 Å². The van der Waals surface area contributed by atoms with Gasteiger partial charge in [-0.3, -0.25) is 9.78 Å². The highest BCUT2D eigenvalue weighted by Crippen LogP contribution is 2.23. The van der Waals surface area contributed by atoms with E-state index in [-0.39, 0.29) is 5.91 Å². The predicted molar refractivity (Wildman–Crippen MR) is 79.3 cm³/mol. The highest BCUT2D eigenvalue weighted by molar-refractivity contribution is 9.09. The molecule has 1 atom stereocenters. The van der Waals surface area contributed by atoms with E-state index in [0.29, 0.717) is 10.9 Å². The van der Waals surface area contributed by atoms with Gasteiger partial charge in [-0.05, 0) is 24.6 Å². The van der Waals surface area contributed by atoms with Crippen molar-refractivity contribution in [3.05, 3.63) is 66.0 Å². The molecule has 0 bridgehead atoms. The summed E-state index contributed by atoms with van der Waals surface area (Å²) in [6.07, 6.45) is 3.21. The topological polar surface area (TPSA) is 42.0 Å². The molecule has 0 aliphatic carbocycles. The first-order valence-electron chi connectivity index (χ1n) is 6.00. The molecule has 0 saturated heterocycles. The van der Waals surface area contributed by atoms with E-state index in [2.05, 4.69) is 26.2 Å². The summed E-state index contributed by atoms with van der Waals surface area (Å²) in [5.41, 5.74) is 1.17. The van der Waals surface area contributed by atoms with Gasteiger partial charge in [0.05, 0.1) is 11.1 Å². The van der Waals surface area contributed by atoms with Gasteiger partial charge in [-0.15, -0.1) is 0 Å². The highest BCUT2D eigenvalue weighted by Gasteiger charge is 2.27. The minimum atomic E-state index is -0.450. The zero-order chi connectivity index (χ0) is 13.7. The number of nitrogens with one attached hydrogen (secondary N) is 1. The molecule has 0 aliphatic rings. The van der Waals surface area contributed by atoms with Crippen LogP contribution < -0.4 is 5.32 Å². The summed E-state index contributed by atoms with van der Waals surface area (Å²) in [7, 11) is 0. The van der Waals surface area contributed by atoms with Crippen molar-refractivity contribution in [2.24, 2.45) is 0 Å². The summed E-state index contributed by atoms with van der Waals surface area (Å²) in [5.74, 6) is -0.126. The van der Waals surface area contributed by atoms with Crippen LogP contribution in [0.3, 0.4) is 0 Å². The van der Waals surface area contributed by atoms with Crippen molar-refractivity contribution in [3.8, 4) is 0 Å². The number of halogens is 1. The van der Waals surface area contributed by atoms with Gasteiger partial charge in [-0.25, -0.2) is 0 Å². The van der Waals surface area contributed by atoms with Crippen LogP contribution >= 0.6 is 15.9 Å². The number of carbonyl (C=O) groups excluding carboxylic acids is 1. The van der Waals surface area contributed by atoms with Gasteiger partial charge >= 0.3 is 0 Å². The summed E-state index contributed by atoms with van der Waals surface area (Å²) in [4.78, 5) is 16.2. The van der Waals surface area contributed by atoms with Crippen LogP contribution in [0.1, 0.15) is 22.8 Å². The largest absolute Gasteiger partial charge is 0.342 e. The number of hydrogen-bond donors (Lipinski definition) is 1. The fraction of sp³-hybridized carbons (Fsp3) is 0.200. The highest BCUT2D eigenvalue weighted by atomic mass is 79.9. The van der Waals surface area contributed by atoms with E-state index in [1.165, 1.54) is 0 Å². The minimum absolute atomic E-state index is 0.126.